The summed E-state index contributed by atoms with van der Waals surface area (Å²) < 4.78 is 15.6. The molecule has 29 heavy (non-hydrogen) atoms. The van der Waals surface area contributed by atoms with Crippen molar-refractivity contribution >= 4 is 67.2 Å². The number of benzene rings is 1. The van der Waals surface area contributed by atoms with E-state index in [2.05, 4.69) is 5.32 Å². The zero-order valence-corrected chi connectivity index (χ0v) is 18.3. The first-order valence-corrected chi connectivity index (χ1v) is 10.2. The third-order valence-corrected chi connectivity index (χ3v) is 7.04. The number of hydrogen-bond acceptors (Lipinski definition) is 8. The Morgan fingerprint density at radius 2 is 1.69 bits per heavy atom. The summed E-state index contributed by atoms with van der Waals surface area (Å²) in [5.41, 5.74) is 0.473. The molecule has 10 heteroatoms. The van der Waals surface area contributed by atoms with Gasteiger partial charge >= 0.3 is 11.9 Å². The normalized spacial score (nSPS) is 10.7. The summed E-state index contributed by atoms with van der Waals surface area (Å²) in [6.45, 7) is 1.59. The molecule has 0 unspecified atom stereocenters. The molecule has 7 nitrogen and oxygen atoms in total. The topological polar surface area (TPSA) is 90.9 Å². The predicted molar refractivity (Wildman–Crippen MR) is 113 cm³/mol. The van der Waals surface area contributed by atoms with Gasteiger partial charge in [-0.3, -0.25) is 4.79 Å². The largest absolute Gasteiger partial charge is 0.497 e. The maximum absolute atomic E-state index is 12.9. The molecule has 1 aromatic carbocycles. The van der Waals surface area contributed by atoms with Crippen LogP contribution in [0.1, 0.15) is 35.3 Å². The summed E-state index contributed by atoms with van der Waals surface area (Å²) in [7, 11) is 4.00. The van der Waals surface area contributed by atoms with Crippen LogP contribution in [-0.4, -0.2) is 39.2 Å². The average Bonchev–Trinajstić information content (AvgIpc) is 3.23. The number of carbonyl (C=O) groups is 3. The van der Waals surface area contributed by atoms with Crippen LogP contribution in [-0.2, 0) is 9.47 Å². The molecule has 0 aliphatic carbocycles. The van der Waals surface area contributed by atoms with Crippen LogP contribution < -0.4 is 10.1 Å². The lowest BCUT2D eigenvalue weighted by atomic mass is 10.1. The van der Waals surface area contributed by atoms with Crippen LogP contribution in [0.5, 0.6) is 5.75 Å². The van der Waals surface area contributed by atoms with E-state index >= 15 is 0 Å². The predicted octanol–water partition coefficient (Wildman–Crippen LogP) is 4.76. The Kier molecular flexibility index (Phi) is 6.11. The van der Waals surface area contributed by atoms with E-state index in [1.807, 2.05) is 6.07 Å². The smallest absolute Gasteiger partial charge is 0.348 e. The third kappa shape index (κ3) is 3.81. The molecule has 0 fully saturated rings. The highest BCUT2D eigenvalue weighted by Crippen LogP contribution is 2.39. The molecule has 0 bridgehead atoms. The van der Waals surface area contributed by atoms with Crippen LogP contribution in [0.15, 0.2) is 18.2 Å². The van der Waals surface area contributed by atoms with Gasteiger partial charge < -0.3 is 19.5 Å². The summed E-state index contributed by atoms with van der Waals surface area (Å²) in [6, 6.07) is 5.33. The van der Waals surface area contributed by atoms with Gasteiger partial charge in [0.15, 0.2) is 0 Å². The number of carbonyl (C=O) groups excluding carboxylic acids is 3. The molecule has 3 aromatic rings. The zero-order valence-electron chi connectivity index (χ0n) is 15.9. The number of esters is 2. The number of hydrogen-bond donors (Lipinski definition) is 1. The Labute approximate surface area is 179 Å². The van der Waals surface area contributed by atoms with E-state index < -0.39 is 17.8 Å². The second-order valence-corrected chi connectivity index (χ2v) is 8.26. The first kappa shape index (κ1) is 21.1. The number of nitrogens with one attached hydrogen (secondary N) is 1. The minimum absolute atomic E-state index is 0.102. The lowest BCUT2D eigenvalue weighted by molar-refractivity contribution is 0.0601. The number of halogens is 1. The van der Waals surface area contributed by atoms with E-state index in [0.717, 1.165) is 16.0 Å². The standard InChI is InChI=1S/C19H16ClNO6S2/c1-8-12(18(23)26-3)17(29-14(8)19(24)27-4)21-16(22)15-13(20)10-7-9(25-2)5-6-11(10)28-15/h5-7H,1-4H3,(H,21,22). The molecular weight excluding hydrogens is 438 g/mol. The van der Waals surface area contributed by atoms with Gasteiger partial charge in [-0.05, 0) is 30.7 Å². The summed E-state index contributed by atoms with van der Waals surface area (Å²) in [5.74, 6) is -1.16. The first-order valence-electron chi connectivity index (χ1n) is 8.19. The van der Waals surface area contributed by atoms with Crippen LogP contribution in [0, 0.1) is 6.92 Å². The fourth-order valence-electron chi connectivity index (χ4n) is 2.72. The molecule has 1 amide bonds. The molecule has 0 spiro atoms. The number of amides is 1. The lowest BCUT2D eigenvalue weighted by Crippen LogP contribution is -2.13. The molecule has 0 atom stereocenters. The Morgan fingerprint density at radius 3 is 2.31 bits per heavy atom. The van der Waals surface area contributed by atoms with Gasteiger partial charge in [-0.25, -0.2) is 9.59 Å². The monoisotopic (exact) mass is 453 g/mol. The van der Waals surface area contributed by atoms with Gasteiger partial charge in [0.25, 0.3) is 5.91 Å². The highest BCUT2D eigenvalue weighted by atomic mass is 35.5. The van der Waals surface area contributed by atoms with Gasteiger partial charge in [0.05, 0.1) is 31.9 Å². The highest BCUT2D eigenvalue weighted by molar-refractivity contribution is 7.22. The van der Waals surface area contributed by atoms with Crippen molar-refractivity contribution in [1.29, 1.82) is 0 Å². The molecule has 0 aliphatic heterocycles. The fraction of sp³-hybridized carbons (Fsp3) is 0.211. The number of anilines is 1. The van der Waals surface area contributed by atoms with Crippen LogP contribution in [0.2, 0.25) is 5.02 Å². The van der Waals surface area contributed by atoms with Crippen LogP contribution in [0.3, 0.4) is 0 Å². The van der Waals surface area contributed by atoms with Crippen molar-refractivity contribution in [2.24, 2.45) is 0 Å². The van der Waals surface area contributed by atoms with Crippen molar-refractivity contribution < 1.29 is 28.6 Å². The van der Waals surface area contributed by atoms with E-state index in [4.69, 9.17) is 25.8 Å². The fourth-order valence-corrected chi connectivity index (χ4v) is 5.21. The van der Waals surface area contributed by atoms with Crippen molar-refractivity contribution in [3.8, 4) is 5.75 Å². The van der Waals surface area contributed by atoms with Gasteiger partial charge in [0.1, 0.15) is 20.5 Å². The Bertz CT molecular complexity index is 1130. The van der Waals surface area contributed by atoms with E-state index in [0.29, 0.717) is 16.7 Å². The van der Waals surface area contributed by atoms with Gasteiger partial charge in [0, 0.05) is 10.1 Å². The van der Waals surface area contributed by atoms with E-state index in [9.17, 15) is 14.4 Å². The molecule has 2 heterocycles. The quantitative estimate of drug-likeness (QED) is 0.560. The second kappa shape index (κ2) is 8.40. The van der Waals surface area contributed by atoms with E-state index in [-0.39, 0.29) is 25.3 Å². The molecule has 0 saturated heterocycles. The molecule has 2 aromatic heterocycles. The van der Waals surface area contributed by atoms with Crippen molar-refractivity contribution in [3.63, 3.8) is 0 Å². The minimum Gasteiger partial charge on any atom is -0.497 e. The lowest BCUT2D eigenvalue weighted by Gasteiger charge is -2.05. The molecule has 0 aliphatic rings. The van der Waals surface area contributed by atoms with Crippen LogP contribution in [0.25, 0.3) is 10.1 Å². The number of thiophene rings is 2. The van der Waals surface area contributed by atoms with Crippen LogP contribution >= 0.6 is 34.3 Å². The Balaban J connectivity index is 2.03. The van der Waals surface area contributed by atoms with Crippen molar-refractivity contribution in [2.45, 2.75) is 6.92 Å². The molecule has 0 radical (unpaired) electrons. The maximum Gasteiger partial charge on any atom is 0.348 e. The maximum atomic E-state index is 12.9. The SMILES string of the molecule is COC(=O)c1sc(NC(=O)c2sc3ccc(OC)cc3c2Cl)c(C(=O)OC)c1C. The summed E-state index contributed by atoms with van der Waals surface area (Å²) in [6.07, 6.45) is 0. The number of rotatable bonds is 5. The summed E-state index contributed by atoms with van der Waals surface area (Å²) >= 11 is 8.57. The molecule has 3 rings (SSSR count). The molecular formula is C19H16ClNO6S2. The van der Waals surface area contributed by atoms with Gasteiger partial charge in [-0.2, -0.15) is 0 Å². The molecule has 1 N–H and O–H groups in total. The minimum atomic E-state index is -0.670. The highest BCUT2D eigenvalue weighted by Gasteiger charge is 2.28. The van der Waals surface area contributed by atoms with Gasteiger partial charge in [0.2, 0.25) is 0 Å². The zero-order chi connectivity index (χ0) is 21.3. The Morgan fingerprint density at radius 1 is 1.00 bits per heavy atom. The van der Waals surface area contributed by atoms with Gasteiger partial charge in [-0.15, -0.1) is 22.7 Å². The molecule has 0 saturated carbocycles. The second-order valence-electron chi connectivity index (χ2n) is 5.80. The average molecular weight is 454 g/mol. The number of ether oxygens (including phenoxy) is 3. The van der Waals surface area contributed by atoms with Crippen LogP contribution in [0.4, 0.5) is 5.00 Å². The summed E-state index contributed by atoms with van der Waals surface area (Å²) in [4.78, 5) is 37.6. The van der Waals surface area contributed by atoms with Gasteiger partial charge in [-0.1, -0.05) is 11.6 Å². The molecule has 152 valence electrons. The number of fused-ring (bicyclic) bond motifs is 1. The third-order valence-electron chi connectivity index (χ3n) is 4.17. The number of methoxy groups -OCH3 is 3. The first-order chi connectivity index (χ1) is 13.8. The van der Waals surface area contributed by atoms with Crippen molar-refractivity contribution in [3.05, 3.63) is 44.1 Å². The van der Waals surface area contributed by atoms with Crippen molar-refractivity contribution in [2.75, 3.05) is 26.6 Å². The van der Waals surface area contributed by atoms with Crippen molar-refractivity contribution in [1.82, 2.24) is 0 Å². The Hall–Kier alpha value is -2.62. The van der Waals surface area contributed by atoms with E-state index in [1.165, 1.54) is 25.6 Å². The summed E-state index contributed by atoms with van der Waals surface area (Å²) in [5, 5.41) is 3.83. The van der Waals surface area contributed by atoms with E-state index in [1.54, 1.807) is 26.2 Å².